The van der Waals surface area contributed by atoms with Crippen LogP contribution in [0.25, 0.3) is 10.9 Å². The van der Waals surface area contributed by atoms with Crippen LogP contribution in [0.4, 0.5) is 5.69 Å². The highest BCUT2D eigenvalue weighted by Gasteiger charge is 2.21. The molecule has 1 N–H and O–H groups in total. The summed E-state index contributed by atoms with van der Waals surface area (Å²) >= 11 is 0. The molecule has 3 aromatic rings. The van der Waals surface area contributed by atoms with Gasteiger partial charge in [-0.25, -0.2) is 8.42 Å². The van der Waals surface area contributed by atoms with E-state index in [1.807, 2.05) is 29.9 Å². The predicted molar refractivity (Wildman–Crippen MR) is 93.3 cm³/mol. The number of hydrogen-bond donors (Lipinski definition) is 1. The second-order valence-corrected chi connectivity index (χ2v) is 6.97. The molecule has 1 aromatic heterocycles. The fraction of sp³-hybridized carbons (Fsp3) is 0.176. The standard InChI is InChI=1S/C17H18N2O4S/c1-19-9-8-12-4-5-13(10-15(12)19)18-24(20,21)17-11-14(22-2)6-7-16(17)23-3/h4-11,18H,1-3H3. The number of benzene rings is 2. The zero-order chi connectivity index (χ0) is 17.3. The molecule has 0 spiro atoms. The van der Waals surface area contributed by atoms with E-state index in [2.05, 4.69) is 4.72 Å². The third kappa shape index (κ3) is 2.90. The van der Waals surface area contributed by atoms with E-state index >= 15 is 0 Å². The highest BCUT2D eigenvalue weighted by molar-refractivity contribution is 7.92. The topological polar surface area (TPSA) is 69.6 Å². The molecule has 0 aliphatic heterocycles. The van der Waals surface area contributed by atoms with Gasteiger partial charge in [0.25, 0.3) is 10.0 Å². The van der Waals surface area contributed by atoms with Gasteiger partial charge in [0.05, 0.1) is 19.9 Å². The number of fused-ring (bicyclic) bond motifs is 1. The zero-order valence-electron chi connectivity index (χ0n) is 13.6. The third-order valence-corrected chi connectivity index (χ3v) is 5.20. The van der Waals surface area contributed by atoms with Gasteiger partial charge in [-0.2, -0.15) is 0 Å². The average molecular weight is 346 g/mol. The molecular weight excluding hydrogens is 328 g/mol. The van der Waals surface area contributed by atoms with Crippen molar-refractivity contribution in [3.8, 4) is 11.5 Å². The lowest BCUT2D eigenvalue weighted by Gasteiger charge is -2.13. The lowest BCUT2D eigenvalue weighted by atomic mass is 10.2. The molecule has 0 saturated heterocycles. The Morgan fingerprint density at radius 3 is 2.50 bits per heavy atom. The maximum absolute atomic E-state index is 12.8. The molecule has 0 atom stereocenters. The van der Waals surface area contributed by atoms with Crippen LogP contribution in [0.1, 0.15) is 0 Å². The van der Waals surface area contributed by atoms with Crippen molar-refractivity contribution in [3.63, 3.8) is 0 Å². The summed E-state index contributed by atoms with van der Waals surface area (Å²) in [5.74, 6) is 0.692. The van der Waals surface area contributed by atoms with Crippen molar-refractivity contribution in [1.29, 1.82) is 0 Å². The normalized spacial score (nSPS) is 11.5. The number of rotatable bonds is 5. The van der Waals surface area contributed by atoms with Gasteiger partial charge in [-0.3, -0.25) is 4.72 Å². The van der Waals surface area contributed by atoms with Gasteiger partial charge in [-0.15, -0.1) is 0 Å². The van der Waals surface area contributed by atoms with Crippen LogP contribution in [0.15, 0.2) is 53.6 Å². The first kappa shape index (κ1) is 16.2. The van der Waals surface area contributed by atoms with Gasteiger partial charge in [0.2, 0.25) is 0 Å². The van der Waals surface area contributed by atoms with Gasteiger partial charge < -0.3 is 14.0 Å². The minimum atomic E-state index is -3.82. The van der Waals surface area contributed by atoms with Crippen LogP contribution in [0.5, 0.6) is 11.5 Å². The van der Waals surface area contributed by atoms with Crippen LogP contribution in [-0.2, 0) is 17.1 Å². The number of methoxy groups -OCH3 is 2. The van der Waals surface area contributed by atoms with Gasteiger partial charge in [0.1, 0.15) is 16.4 Å². The summed E-state index contributed by atoms with van der Waals surface area (Å²) in [5.41, 5.74) is 1.42. The molecule has 7 heteroatoms. The number of ether oxygens (including phenoxy) is 2. The first-order valence-corrected chi connectivity index (χ1v) is 8.73. The number of aryl methyl sites for hydroxylation is 1. The molecular formula is C17H18N2O4S. The molecule has 6 nitrogen and oxygen atoms in total. The third-order valence-electron chi connectivity index (χ3n) is 3.80. The molecule has 126 valence electrons. The maximum Gasteiger partial charge on any atom is 0.265 e. The molecule has 0 amide bonds. The van der Waals surface area contributed by atoms with Crippen molar-refractivity contribution in [2.24, 2.45) is 7.05 Å². The molecule has 24 heavy (non-hydrogen) atoms. The fourth-order valence-corrected chi connectivity index (χ4v) is 3.76. The van der Waals surface area contributed by atoms with Crippen molar-refractivity contribution in [2.75, 3.05) is 18.9 Å². The van der Waals surface area contributed by atoms with Crippen molar-refractivity contribution in [2.45, 2.75) is 4.90 Å². The molecule has 0 bridgehead atoms. The monoisotopic (exact) mass is 346 g/mol. The number of aromatic nitrogens is 1. The van der Waals surface area contributed by atoms with Gasteiger partial charge >= 0.3 is 0 Å². The first-order chi connectivity index (χ1) is 11.4. The van der Waals surface area contributed by atoms with E-state index in [4.69, 9.17) is 9.47 Å². The van der Waals surface area contributed by atoms with Crippen LogP contribution < -0.4 is 14.2 Å². The van der Waals surface area contributed by atoms with Crippen LogP contribution in [-0.4, -0.2) is 27.2 Å². The van der Waals surface area contributed by atoms with Crippen LogP contribution >= 0.6 is 0 Å². The maximum atomic E-state index is 12.8. The second-order valence-electron chi connectivity index (χ2n) is 5.32. The van der Waals surface area contributed by atoms with Gasteiger partial charge in [-0.05, 0) is 35.7 Å². The average Bonchev–Trinajstić information content (AvgIpc) is 2.94. The Morgan fingerprint density at radius 1 is 1.00 bits per heavy atom. The minimum absolute atomic E-state index is 0.0244. The largest absolute Gasteiger partial charge is 0.497 e. The Kier molecular flexibility index (Phi) is 4.11. The van der Waals surface area contributed by atoms with Gasteiger partial charge in [0.15, 0.2) is 0 Å². The minimum Gasteiger partial charge on any atom is -0.497 e. The quantitative estimate of drug-likeness (QED) is 0.771. The zero-order valence-corrected chi connectivity index (χ0v) is 14.4. The summed E-state index contributed by atoms with van der Waals surface area (Å²) in [6.45, 7) is 0. The number of nitrogens with zero attached hydrogens (tertiary/aromatic N) is 1. The van der Waals surface area contributed by atoms with E-state index in [1.54, 1.807) is 24.3 Å². The number of anilines is 1. The van der Waals surface area contributed by atoms with E-state index in [-0.39, 0.29) is 10.6 Å². The van der Waals surface area contributed by atoms with E-state index in [1.165, 1.54) is 20.3 Å². The summed E-state index contributed by atoms with van der Waals surface area (Å²) in [5, 5.41) is 1.04. The van der Waals surface area contributed by atoms with Crippen LogP contribution in [0.3, 0.4) is 0 Å². The molecule has 3 rings (SSSR count). The Balaban J connectivity index is 2.02. The van der Waals surface area contributed by atoms with E-state index < -0.39 is 10.0 Å². The van der Waals surface area contributed by atoms with Crippen molar-refractivity contribution in [3.05, 3.63) is 48.7 Å². The van der Waals surface area contributed by atoms with Crippen LogP contribution in [0.2, 0.25) is 0 Å². The molecule has 0 unspecified atom stereocenters. The Morgan fingerprint density at radius 2 is 1.79 bits per heavy atom. The van der Waals surface area contributed by atoms with Crippen molar-refractivity contribution >= 4 is 26.6 Å². The summed E-state index contributed by atoms with van der Waals surface area (Å²) in [7, 11) is 0.999. The molecule has 0 fully saturated rings. The summed E-state index contributed by atoms with van der Waals surface area (Å²) in [4.78, 5) is 0.0244. The van der Waals surface area contributed by atoms with Crippen molar-refractivity contribution < 1.29 is 17.9 Å². The molecule has 2 aromatic carbocycles. The summed E-state index contributed by atoms with van der Waals surface area (Å²) < 4.78 is 40.3. The Hall–Kier alpha value is -2.67. The fourth-order valence-electron chi connectivity index (χ4n) is 2.53. The highest BCUT2D eigenvalue weighted by atomic mass is 32.2. The SMILES string of the molecule is COc1ccc(OC)c(S(=O)(=O)Nc2ccc3ccn(C)c3c2)c1. The van der Waals surface area contributed by atoms with E-state index in [0.717, 1.165) is 10.9 Å². The van der Waals surface area contributed by atoms with Gasteiger partial charge in [-0.1, -0.05) is 6.07 Å². The highest BCUT2D eigenvalue weighted by Crippen LogP contribution is 2.30. The molecule has 0 radical (unpaired) electrons. The van der Waals surface area contributed by atoms with Crippen molar-refractivity contribution in [1.82, 2.24) is 4.57 Å². The predicted octanol–water partition coefficient (Wildman–Crippen LogP) is 3.00. The lowest BCUT2D eigenvalue weighted by molar-refractivity contribution is 0.392. The number of hydrogen-bond acceptors (Lipinski definition) is 4. The molecule has 0 saturated carbocycles. The second kappa shape index (κ2) is 6.09. The first-order valence-electron chi connectivity index (χ1n) is 7.24. The van der Waals surface area contributed by atoms with E-state index in [0.29, 0.717) is 11.4 Å². The summed E-state index contributed by atoms with van der Waals surface area (Å²) in [6.07, 6.45) is 1.92. The Labute approximate surface area is 140 Å². The van der Waals surface area contributed by atoms with E-state index in [9.17, 15) is 8.42 Å². The number of nitrogens with one attached hydrogen (secondary N) is 1. The smallest absolute Gasteiger partial charge is 0.265 e. The van der Waals surface area contributed by atoms with Crippen LogP contribution in [0, 0.1) is 0 Å². The molecule has 1 heterocycles. The van der Waals surface area contributed by atoms with Gasteiger partial charge in [0, 0.05) is 24.8 Å². The Bertz CT molecular complexity index is 993. The molecule has 0 aliphatic carbocycles. The number of sulfonamides is 1. The summed E-state index contributed by atoms with van der Waals surface area (Å²) in [6, 6.07) is 12.0. The lowest BCUT2D eigenvalue weighted by Crippen LogP contribution is -2.14. The molecule has 0 aliphatic rings.